The van der Waals surface area contributed by atoms with E-state index in [4.69, 9.17) is 27.9 Å². The SMILES string of the molecule is O=C(O)c1ccccc1COc1ccc(Cl)c(Nc2ccccc2C(=O)O)c1Cl. The molecule has 3 rings (SSSR count). The zero-order chi connectivity index (χ0) is 21.0. The average molecular weight is 432 g/mol. The molecule has 148 valence electrons. The maximum absolute atomic E-state index is 11.4. The number of carboxylic acid groups (broad SMARTS) is 2. The lowest BCUT2D eigenvalue weighted by molar-refractivity contribution is 0.0685. The van der Waals surface area contributed by atoms with E-state index in [1.54, 1.807) is 48.5 Å². The highest BCUT2D eigenvalue weighted by molar-refractivity contribution is 6.40. The summed E-state index contributed by atoms with van der Waals surface area (Å²) in [4.78, 5) is 22.7. The van der Waals surface area contributed by atoms with Crippen LogP contribution in [0.25, 0.3) is 0 Å². The number of rotatable bonds is 7. The fourth-order valence-electron chi connectivity index (χ4n) is 2.68. The van der Waals surface area contributed by atoms with Gasteiger partial charge in [-0.1, -0.05) is 53.5 Å². The molecule has 0 aromatic heterocycles. The van der Waals surface area contributed by atoms with Crippen molar-refractivity contribution in [3.05, 3.63) is 87.4 Å². The molecule has 3 aromatic rings. The minimum Gasteiger partial charge on any atom is -0.487 e. The Hall–Kier alpha value is -3.22. The lowest BCUT2D eigenvalue weighted by Crippen LogP contribution is -2.06. The zero-order valence-corrected chi connectivity index (χ0v) is 16.4. The second-order valence-corrected chi connectivity index (χ2v) is 6.75. The first-order valence-corrected chi connectivity index (χ1v) is 9.15. The highest BCUT2D eigenvalue weighted by atomic mass is 35.5. The third kappa shape index (κ3) is 4.62. The first-order chi connectivity index (χ1) is 13.9. The van der Waals surface area contributed by atoms with Gasteiger partial charge in [0.1, 0.15) is 17.4 Å². The van der Waals surface area contributed by atoms with E-state index < -0.39 is 11.9 Å². The third-order valence-electron chi connectivity index (χ3n) is 4.10. The molecule has 0 aliphatic carbocycles. The maximum atomic E-state index is 11.4. The van der Waals surface area contributed by atoms with E-state index >= 15 is 0 Å². The number of hydrogen-bond acceptors (Lipinski definition) is 4. The van der Waals surface area contributed by atoms with E-state index in [2.05, 4.69) is 5.32 Å². The molecule has 0 saturated heterocycles. The molecule has 0 spiro atoms. The van der Waals surface area contributed by atoms with Crippen LogP contribution in [0, 0.1) is 0 Å². The smallest absolute Gasteiger partial charge is 0.337 e. The van der Waals surface area contributed by atoms with E-state index in [-0.39, 0.29) is 39.2 Å². The minimum atomic E-state index is -1.10. The van der Waals surface area contributed by atoms with Crippen molar-refractivity contribution in [3.8, 4) is 5.75 Å². The summed E-state index contributed by atoms with van der Waals surface area (Å²) in [6.45, 7) is -0.0189. The van der Waals surface area contributed by atoms with Crippen molar-refractivity contribution in [1.82, 2.24) is 0 Å². The molecule has 0 unspecified atom stereocenters. The summed E-state index contributed by atoms with van der Waals surface area (Å²) in [7, 11) is 0. The van der Waals surface area contributed by atoms with Crippen molar-refractivity contribution in [2.24, 2.45) is 0 Å². The summed E-state index contributed by atoms with van der Waals surface area (Å²) in [5.74, 6) is -1.89. The van der Waals surface area contributed by atoms with Crippen LogP contribution in [0.1, 0.15) is 26.3 Å². The summed E-state index contributed by atoms with van der Waals surface area (Å²) in [5, 5.41) is 22.0. The number of ether oxygens (including phenoxy) is 1. The van der Waals surface area contributed by atoms with Gasteiger partial charge in [-0.15, -0.1) is 0 Å². The number of hydrogen-bond donors (Lipinski definition) is 3. The van der Waals surface area contributed by atoms with Crippen LogP contribution >= 0.6 is 23.2 Å². The van der Waals surface area contributed by atoms with Crippen LogP contribution in [-0.4, -0.2) is 22.2 Å². The van der Waals surface area contributed by atoms with Gasteiger partial charge in [-0.2, -0.15) is 0 Å². The maximum Gasteiger partial charge on any atom is 0.337 e. The summed E-state index contributed by atoms with van der Waals surface area (Å²) >= 11 is 12.7. The molecule has 0 bridgehead atoms. The van der Waals surface area contributed by atoms with Crippen LogP contribution in [-0.2, 0) is 6.61 Å². The summed E-state index contributed by atoms with van der Waals surface area (Å²) in [6, 6.07) is 15.9. The Morgan fingerprint density at radius 1 is 0.862 bits per heavy atom. The highest BCUT2D eigenvalue weighted by Crippen LogP contribution is 2.40. The lowest BCUT2D eigenvalue weighted by Gasteiger charge is -2.16. The Labute approximate surface area is 176 Å². The summed E-state index contributed by atoms with van der Waals surface area (Å²) in [5.41, 5.74) is 1.27. The molecule has 0 fully saturated rings. The Morgan fingerprint density at radius 3 is 2.17 bits per heavy atom. The van der Waals surface area contributed by atoms with E-state index in [9.17, 15) is 19.8 Å². The molecule has 3 N–H and O–H groups in total. The number of halogens is 2. The minimum absolute atomic E-state index is 0.0189. The Kier molecular flexibility index (Phi) is 6.26. The number of para-hydroxylation sites is 1. The van der Waals surface area contributed by atoms with E-state index in [1.807, 2.05) is 0 Å². The predicted molar refractivity (Wildman–Crippen MR) is 111 cm³/mol. The van der Waals surface area contributed by atoms with Crippen molar-refractivity contribution in [1.29, 1.82) is 0 Å². The van der Waals surface area contributed by atoms with E-state index in [0.717, 1.165) is 0 Å². The van der Waals surface area contributed by atoms with Crippen molar-refractivity contribution < 1.29 is 24.5 Å². The molecular formula is C21H15Cl2NO5. The molecule has 0 heterocycles. The first kappa shape index (κ1) is 20.5. The molecule has 0 atom stereocenters. The number of anilines is 2. The van der Waals surface area contributed by atoms with Crippen molar-refractivity contribution in [2.45, 2.75) is 6.61 Å². The molecule has 0 aliphatic heterocycles. The van der Waals surface area contributed by atoms with Crippen LogP contribution in [0.3, 0.4) is 0 Å². The Morgan fingerprint density at radius 2 is 1.48 bits per heavy atom. The monoisotopic (exact) mass is 431 g/mol. The van der Waals surface area contributed by atoms with Gasteiger partial charge in [0.15, 0.2) is 0 Å². The van der Waals surface area contributed by atoms with Crippen LogP contribution in [0.5, 0.6) is 5.75 Å². The van der Waals surface area contributed by atoms with Gasteiger partial charge in [0.25, 0.3) is 0 Å². The summed E-state index contributed by atoms with van der Waals surface area (Å²) in [6.07, 6.45) is 0. The van der Waals surface area contributed by atoms with Gasteiger partial charge in [-0.3, -0.25) is 0 Å². The number of aromatic carboxylic acids is 2. The van der Waals surface area contributed by atoms with Crippen molar-refractivity contribution in [3.63, 3.8) is 0 Å². The quantitative estimate of drug-likeness (QED) is 0.443. The average Bonchev–Trinajstić information content (AvgIpc) is 2.71. The van der Waals surface area contributed by atoms with Gasteiger partial charge >= 0.3 is 11.9 Å². The largest absolute Gasteiger partial charge is 0.487 e. The van der Waals surface area contributed by atoms with Gasteiger partial charge in [-0.05, 0) is 30.3 Å². The highest BCUT2D eigenvalue weighted by Gasteiger charge is 2.17. The van der Waals surface area contributed by atoms with Crippen LogP contribution in [0.2, 0.25) is 10.0 Å². The van der Waals surface area contributed by atoms with Crippen LogP contribution < -0.4 is 10.1 Å². The predicted octanol–water partition coefficient (Wildman–Crippen LogP) is 5.71. The molecule has 8 heteroatoms. The number of nitrogens with one attached hydrogen (secondary N) is 1. The molecule has 29 heavy (non-hydrogen) atoms. The zero-order valence-electron chi connectivity index (χ0n) is 14.9. The molecule has 0 aliphatic rings. The molecule has 0 amide bonds. The topological polar surface area (TPSA) is 95.9 Å². The van der Waals surface area contributed by atoms with Gasteiger partial charge in [0, 0.05) is 5.56 Å². The third-order valence-corrected chi connectivity index (χ3v) is 4.79. The van der Waals surface area contributed by atoms with Crippen LogP contribution in [0.15, 0.2) is 60.7 Å². The number of carboxylic acids is 2. The van der Waals surface area contributed by atoms with Gasteiger partial charge < -0.3 is 20.3 Å². The lowest BCUT2D eigenvalue weighted by atomic mass is 10.1. The Balaban J connectivity index is 1.89. The first-order valence-electron chi connectivity index (χ1n) is 8.40. The standard InChI is InChI=1S/C21H15Cl2NO5/c22-15-9-10-17(29-11-12-5-1-2-6-13(12)20(25)26)18(23)19(15)24-16-8-4-3-7-14(16)21(27)28/h1-10,24H,11H2,(H,25,26)(H,27,28). The van der Waals surface area contributed by atoms with Gasteiger partial charge in [-0.25, -0.2) is 9.59 Å². The second-order valence-electron chi connectivity index (χ2n) is 5.96. The molecule has 0 radical (unpaired) electrons. The van der Waals surface area contributed by atoms with Gasteiger partial charge in [0.05, 0.1) is 27.5 Å². The number of carbonyl (C=O) groups is 2. The van der Waals surface area contributed by atoms with E-state index in [1.165, 1.54) is 12.1 Å². The molecule has 6 nitrogen and oxygen atoms in total. The second kappa shape index (κ2) is 8.86. The Bertz CT molecular complexity index is 1080. The normalized spacial score (nSPS) is 10.4. The summed E-state index contributed by atoms with van der Waals surface area (Å²) < 4.78 is 5.71. The van der Waals surface area contributed by atoms with Crippen molar-refractivity contribution >= 4 is 46.5 Å². The van der Waals surface area contributed by atoms with E-state index in [0.29, 0.717) is 11.3 Å². The fourth-order valence-corrected chi connectivity index (χ4v) is 3.20. The molecular weight excluding hydrogens is 417 g/mol. The number of benzene rings is 3. The molecule has 0 saturated carbocycles. The van der Waals surface area contributed by atoms with Gasteiger partial charge in [0.2, 0.25) is 0 Å². The van der Waals surface area contributed by atoms with Crippen molar-refractivity contribution in [2.75, 3.05) is 5.32 Å². The molecule has 3 aromatic carbocycles. The van der Waals surface area contributed by atoms with Crippen LogP contribution in [0.4, 0.5) is 11.4 Å². The fraction of sp³-hybridized carbons (Fsp3) is 0.0476.